The quantitative estimate of drug-likeness (QED) is 0.407. The van der Waals surface area contributed by atoms with Gasteiger partial charge in [-0.25, -0.2) is 0 Å². The predicted octanol–water partition coefficient (Wildman–Crippen LogP) is 3.43. The number of nitrogens with one attached hydrogen (secondary N) is 2. The molecular formula is C16H28IN3OS. The monoisotopic (exact) mass is 437 g/mol. The van der Waals surface area contributed by atoms with Gasteiger partial charge in [-0.15, -0.1) is 24.0 Å². The first-order valence-corrected chi connectivity index (χ1v) is 8.27. The minimum absolute atomic E-state index is 0. The van der Waals surface area contributed by atoms with Gasteiger partial charge in [0, 0.05) is 24.9 Å². The van der Waals surface area contributed by atoms with Crippen molar-refractivity contribution in [1.82, 2.24) is 10.6 Å². The van der Waals surface area contributed by atoms with Gasteiger partial charge in [-0.2, -0.15) is 11.8 Å². The van der Waals surface area contributed by atoms with Gasteiger partial charge in [0.1, 0.15) is 5.75 Å². The number of benzene rings is 1. The molecule has 0 saturated heterocycles. The van der Waals surface area contributed by atoms with E-state index >= 15 is 0 Å². The molecule has 0 spiro atoms. The van der Waals surface area contributed by atoms with Crippen molar-refractivity contribution in [3.8, 4) is 5.75 Å². The van der Waals surface area contributed by atoms with E-state index in [4.69, 9.17) is 4.74 Å². The van der Waals surface area contributed by atoms with Crippen molar-refractivity contribution >= 4 is 41.7 Å². The molecule has 1 aromatic carbocycles. The lowest BCUT2D eigenvalue weighted by atomic mass is 10.1. The van der Waals surface area contributed by atoms with Crippen LogP contribution in [0.5, 0.6) is 5.75 Å². The number of hydrogen-bond donors (Lipinski definition) is 2. The molecule has 0 amide bonds. The van der Waals surface area contributed by atoms with Crippen LogP contribution in [0.3, 0.4) is 0 Å². The van der Waals surface area contributed by atoms with E-state index in [9.17, 15) is 0 Å². The second-order valence-corrected chi connectivity index (χ2v) is 7.06. The lowest BCUT2D eigenvalue weighted by Gasteiger charge is -2.23. The van der Waals surface area contributed by atoms with Crippen LogP contribution in [0.1, 0.15) is 25.0 Å². The Labute approximate surface area is 155 Å². The van der Waals surface area contributed by atoms with Gasteiger partial charge in [0.15, 0.2) is 5.96 Å². The van der Waals surface area contributed by atoms with Gasteiger partial charge >= 0.3 is 0 Å². The van der Waals surface area contributed by atoms with Crippen LogP contribution < -0.4 is 15.4 Å². The van der Waals surface area contributed by atoms with E-state index in [1.165, 1.54) is 5.56 Å². The van der Waals surface area contributed by atoms with E-state index in [0.717, 1.165) is 30.4 Å². The molecule has 0 heterocycles. The molecule has 1 aromatic rings. The zero-order valence-electron chi connectivity index (χ0n) is 14.3. The number of aryl methyl sites for hydroxylation is 1. The summed E-state index contributed by atoms with van der Waals surface area (Å²) >= 11 is 1.84. The van der Waals surface area contributed by atoms with Gasteiger partial charge < -0.3 is 15.4 Å². The predicted molar refractivity (Wildman–Crippen MR) is 109 cm³/mol. The van der Waals surface area contributed by atoms with Crippen LogP contribution in [0.15, 0.2) is 23.2 Å². The summed E-state index contributed by atoms with van der Waals surface area (Å²) in [5, 5.41) is 6.70. The number of guanidine groups is 1. The van der Waals surface area contributed by atoms with Gasteiger partial charge in [0.05, 0.1) is 7.11 Å². The molecule has 2 N–H and O–H groups in total. The highest BCUT2D eigenvalue weighted by molar-refractivity contribution is 14.0. The van der Waals surface area contributed by atoms with E-state index in [1.54, 1.807) is 14.2 Å². The van der Waals surface area contributed by atoms with Gasteiger partial charge in [-0.05, 0) is 44.2 Å². The maximum absolute atomic E-state index is 5.28. The first-order chi connectivity index (χ1) is 9.91. The molecule has 126 valence electrons. The van der Waals surface area contributed by atoms with Crippen LogP contribution in [0, 0.1) is 6.92 Å². The molecule has 0 aliphatic rings. The number of rotatable bonds is 6. The van der Waals surface area contributed by atoms with Crippen molar-refractivity contribution in [1.29, 1.82) is 0 Å². The van der Waals surface area contributed by atoms with Crippen molar-refractivity contribution < 1.29 is 4.74 Å². The van der Waals surface area contributed by atoms with Gasteiger partial charge in [0.25, 0.3) is 0 Å². The number of halogens is 1. The van der Waals surface area contributed by atoms with Crippen LogP contribution >= 0.6 is 35.7 Å². The summed E-state index contributed by atoms with van der Waals surface area (Å²) in [4.78, 5) is 4.26. The minimum Gasteiger partial charge on any atom is -0.496 e. The van der Waals surface area contributed by atoms with Gasteiger partial charge in [0.2, 0.25) is 0 Å². The number of aliphatic imine (C=N–C) groups is 1. The highest BCUT2D eigenvalue weighted by Crippen LogP contribution is 2.19. The lowest BCUT2D eigenvalue weighted by molar-refractivity contribution is 0.411. The summed E-state index contributed by atoms with van der Waals surface area (Å²) in [7, 11) is 3.49. The first kappa shape index (κ1) is 21.4. The lowest BCUT2D eigenvalue weighted by Crippen LogP contribution is -2.42. The van der Waals surface area contributed by atoms with Crippen LogP contribution in [0.25, 0.3) is 0 Å². The van der Waals surface area contributed by atoms with Crippen molar-refractivity contribution in [2.24, 2.45) is 4.99 Å². The standard InChI is InChI=1S/C16H27N3OS.HI/c1-12-9-13(7-8-14(12)20-5)10-18-15(17-4)19-11-16(2,3)21-6;/h7-9H,10-11H2,1-6H3,(H2,17,18,19);1H. The molecule has 6 heteroatoms. The fourth-order valence-corrected chi connectivity index (χ4v) is 2.04. The molecule has 0 bridgehead atoms. The Bertz CT molecular complexity index is 492. The Balaban J connectivity index is 0.00000441. The van der Waals surface area contributed by atoms with Crippen molar-refractivity contribution in [3.05, 3.63) is 29.3 Å². The summed E-state index contributed by atoms with van der Waals surface area (Å²) in [5.41, 5.74) is 2.35. The average molecular weight is 437 g/mol. The normalized spacial score (nSPS) is 11.6. The molecule has 0 fully saturated rings. The Hall–Kier alpha value is -0.630. The average Bonchev–Trinajstić information content (AvgIpc) is 2.47. The Morgan fingerprint density at radius 2 is 2.00 bits per heavy atom. The SMILES string of the molecule is CN=C(NCc1ccc(OC)c(C)c1)NCC(C)(C)SC.I. The third-order valence-corrected chi connectivity index (χ3v) is 4.63. The molecule has 0 aromatic heterocycles. The third-order valence-electron chi connectivity index (χ3n) is 3.38. The Morgan fingerprint density at radius 3 is 2.50 bits per heavy atom. The topological polar surface area (TPSA) is 45.7 Å². The number of nitrogens with zero attached hydrogens (tertiary/aromatic N) is 1. The van der Waals surface area contributed by atoms with Crippen LogP contribution in [-0.2, 0) is 6.54 Å². The number of thioether (sulfide) groups is 1. The Morgan fingerprint density at radius 1 is 1.32 bits per heavy atom. The molecule has 0 saturated carbocycles. The zero-order chi connectivity index (χ0) is 15.9. The van der Waals surface area contributed by atoms with Crippen LogP contribution in [0.4, 0.5) is 0 Å². The van der Waals surface area contributed by atoms with Crippen LogP contribution in [0.2, 0.25) is 0 Å². The first-order valence-electron chi connectivity index (χ1n) is 7.05. The summed E-state index contributed by atoms with van der Waals surface area (Å²) in [5.74, 6) is 1.74. The summed E-state index contributed by atoms with van der Waals surface area (Å²) in [6.07, 6.45) is 2.12. The molecule has 4 nitrogen and oxygen atoms in total. The zero-order valence-corrected chi connectivity index (χ0v) is 17.5. The second-order valence-electron chi connectivity index (χ2n) is 5.55. The van der Waals surface area contributed by atoms with E-state index in [0.29, 0.717) is 0 Å². The van der Waals surface area contributed by atoms with E-state index in [1.807, 2.05) is 17.8 Å². The van der Waals surface area contributed by atoms with Gasteiger partial charge in [-0.3, -0.25) is 4.99 Å². The van der Waals surface area contributed by atoms with Crippen molar-refractivity contribution in [3.63, 3.8) is 0 Å². The largest absolute Gasteiger partial charge is 0.496 e. The maximum atomic E-state index is 5.28. The van der Waals surface area contributed by atoms with Crippen LogP contribution in [-0.4, -0.2) is 37.7 Å². The summed E-state index contributed by atoms with van der Waals surface area (Å²) < 4.78 is 5.47. The van der Waals surface area contributed by atoms with E-state index in [2.05, 4.69) is 54.8 Å². The Kier molecular flexibility index (Phi) is 9.91. The molecule has 22 heavy (non-hydrogen) atoms. The van der Waals surface area contributed by atoms with Gasteiger partial charge in [-0.1, -0.05) is 12.1 Å². The van der Waals surface area contributed by atoms with Crippen molar-refractivity contribution in [2.75, 3.05) is 27.0 Å². The molecule has 0 aliphatic carbocycles. The molecule has 0 atom stereocenters. The highest BCUT2D eigenvalue weighted by atomic mass is 127. The second kappa shape index (κ2) is 10.2. The fraction of sp³-hybridized carbons (Fsp3) is 0.562. The smallest absolute Gasteiger partial charge is 0.191 e. The van der Waals surface area contributed by atoms with E-state index < -0.39 is 0 Å². The summed E-state index contributed by atoms with van der Waals surface area (Å²) in [6.45, 7) is 8.09. The molecule has 1 rings (SSSR count). The maximum Gasteiger partial charge on any atom is 0.191 e. The van der Waals surface area contributed by atoms with Crippen molar-refractivity contribution in [2.45, 2.75) is 32.1 Å². The van der Waals surface area contributed by atoms with E-state index in [-0.39, 0.29) is 28.7 Å². The molecule has 0 unspecified atom stereocenters. The minimum atomic E-state index is 0. The highest BCUT2D eigenvalue weighted by Gasteiger charge is 2.16. The summed E-state index contributed by atoms with van der Waals surface area (Å²) in [6, 6.07) is 6.20. The number of methoxy groups -OCH3 is 1. The molecular weight excluding hydrogens is 409 g/mol. The fourth-order valence-electron chi connectivity index (χ4n) is 1.83. The molecule has 0 aliphatic heterocycles. The number of ether oxygens (including phenoxy) is 1. The molecule has 0 radical (unpaired) electrons. The number of hydrogen-bond acceptors (Lipinski definition) is 3. The third kappa shape index (κ3) is 7.09.